The molecule has 1 aliphatic heterocycles. The van der Waals surface area contributed by atoms with Gasteiger partial charge in [-0.15, -0.1) is 0 Å². The van der Waals surface area contributed by atoms with E-state index in [1.54, 1.807) is 7.11 Å². The number of carbonyl (C=O) groups is 1. The zero-order valence-corrected chi connectivity index (χ0v) is 20.6. The van der Waals surface area contributed by atoms with E-state index in [9.17, 15) is 13.6 Å². The molecule has 0 aliphatic carbocycles. The van der Waals surface area contributed by atoms with Gasteiger partial charge in [0, 0.05) is 68.9 Å². The maximum Gasteiger partial charge on any atom is 0.224 e. The lowest BCUT2D eigenvalue weighted by Gasteiger charge is -2.34. The third-order valence-electron chi connectivity index (χ3n) is 7.04. The Morgan fingerprint density at radius 2 is 2.00 bits per heavy atom. The van der Waals surface area contributed by atoms with E-state index in [0.29, 0.717) is 43.6 Å². The van der Waals surface area contributed by atoms with Crippen molar-refractivity contribution in [3.63, 3.8) is 0 Å². The normalized spacial score (nSPS) is 17.2. The molecule has 4 rings (SSSR count). The van der Waals surface area contributed by atoms with E-state index in [1.165, 1.54) is 6.07 Å². The molecule has 0 saturated carbocycles. The first-order valence-corrected chi connectivity index (χ1v) is 12.4. The smallest absolute Gasteiger partial charge is 0.224 e. The van der Waals surface area contributed by atoms with Crippen LogP contribution in [0.25, 0.3) is 10.9 Å². The number of aryl methyl sites for hydroxylation is 2. The molecule has 3 aromatic rings. The predicted octanol–water partition coefficient (Wildman–Crippen LogP) is 4.93. The van der Waals surface area contributed by atoms with Gasteiger partial charge in [-0.25, -0.2) is 8.78 Å². The summed E-state index contributed by atoms with van der Waals surface area (Å²) >= 11 is 0. The van der Waals surface area contributed by atoms with Gasteiger partial charge in [-0.2, -0.15) is 0 Å². The van der Waals surface area contributed by atoms with E-state index in [1.807, 2.05) is 46.7 Å². The lowest BCUT2D eigenvalue weighted by atomic mass is 9.91. The average molecular weight is 484 g/mol. The summed E-state index contributed by atoms with van der Waals surface area (Å²) in [6.07, 6.45) is 3.43. The third-order valence-corrected chi connectivity index (χ3v) is 7.04. The summed E-state index contributed by atoms with van der Waals surface area (Å²) in [6.45, 7) is 4.32. The van der Waals surface area contributed by atoms with Gasteiger partial charge in [-0.3, -0.25) is 4.79 Å². The Morgan fingerprint density at radius 1 is 1.23 bits per heavy atom. The van der Waals surface area contributed by atoms with E-state index in [-0.39, 0.29) is 24.3 Å². The molecule has 1 amide bonds. The van der Waals surface area contributed by atoms with Crippen LogP contribution in [0.2, 0.25) is 0 Å². The Balaban J connectivity index is 1.55. The molecule has 2 N–H and O–H groups in total. The standard InChI is InChI=1S/C28H35F2N3O2/c1-19-27-24(30)15-22(29)16-25(27)33(12-7-13-35-2)28(19)21-10-6-11-32(18-21)26(34)17-23(31)14-20-8-4-3-5-9-20/h3-5,8-9,15-16,21,23H,6-7,10-14,17-18,31H2,1-2H3. The van der Waals surface area contributed by atoms with Gasteiger partial charge in [-0.1, -0.05) is 30.3 Å². The highest BCUT2D eigenvalue weighted by atomic mass is 19.1. The van der Waals surface area contributed by atoms with Crippen LogP contribution in [-0.4, -0.2) is 48.2 Å². The number of nitrogens with two attached hydrogens (primary N) is 1. The number of rotatable bonds is 9. The quantitative estimate of drug-likeness (QED) is 0.439. The van der Waals surface area contributed by atoms with Crippen molar-refractivity contribution in [3.05, 3.63) is 70.9 Å². The summed E-state index contributed by atoms with van der Waals surface area (Å²) in [4.78, 5) is 15.0. The van der Waals surface area contributed by atoms with Crippen LogP contribution in [0.15, 0.2) is 42.5 Å². The average Bonchev–Trinajstić information content (AvgIpc) is 3.11. The number of hydrogen-bond donors (Lipinski definition) is 1. The molecule has 2 unspecified atom stereocenters. The Bertz CT molecular complexity index is 1160. The van der Waals surface area contributed by atoms with Crippen molar-refractivity contribution < 1.29 is 18.3 Å². The molecule has 0 spiro atoms. The van der Waals surface area contributed by atoms with Crippen LogP contribution < -0.4 is 5.73 Å². The first kappa shape index (κ1) is 25.3. The van der Waals surface area contributed by atoms with Crippen molar-refractivity contribution in [2.75, 3.05) is 26.8 Å². The van der Waals surface area contributed by atoms with Crippen LogP contribution in [0.3, 0.4) is 0 Å². The number of nitrogens with zero attached hydrogens (tertiary/aromatic N) is 2. The lowest BCUT2D eigenvalue weighted by Crippen LogP contribution is -2.42. The minimum absolute atomic E-state index is 0.0510. The van der Waals surface area contributed by atoms with Gasteiger partial charge < -0.3 is 19.9 Å². The molecule has 2 atom stereocenters. The molecule has 1 aromatic heterocycles. The zero-order valence-electron chi connectivity index (χ0n) is 20.6. The third kappa shape index (κ3) is 5.73. The van der Waals surface area contributed by atoms with Crippen LogP contribution in [0.4, 0.5) is 8.78 Å². The molecule has 0 bridgehead atoms. The molecule has 188 valence electrons. The Labute approximate surface area is 205 Å². The summed E-state index contributed by atoms with van der Waals surface area (Å²) in [5, 5.41) is 0.465. The van der Waals surface area contributed by atoms with Gasteiger partial charge in [0.05, 0.1) is 5.52 Å². The molecule has 2 aromatic carbocycles. The highest BCUT2D eigenvalue weighted by Crippen LogP contribution is 2.37. The van der Waals surface area contributed by atoms with Gasteiger partial charge in [0.15, 0.2) is 0 Å². The monoisotopic (exact) mass is 483 g/mol. The molecule has 1 saturated heterocycles. The SMILES string of the molecule is COCCCn1c(C2CCCN(C(=O)CC(N)Cc3ccccc3)C2)c(C)c2c(F)cc(F)cc21. The van der Waals surface area contributed by atoms with Crippen LogP contribution in [0, 0.1) is 18.6 Å². The van der Waals surface area contributed by atoms with Crippen molar-refractivity contribution in [1.82, 2.24) is 9.47 Å². The predicted molar refractivity (Wildman–Crippen MR) is 134 cm³/mol. The second-order valence-electron chi connectivity index (χ2n) is 9.62. The summed E-state index contributed by atoms with van der Waals surface area (Å²) in [5.41, 5.74) is 9.83. The first-order chi connectivity index (χ1) is 16.9. The van der Waals surface area contributed by atoms with E-state index < -0.39 is 11.6 Å². The minimum Gasteiger partial charge on any atom is -0.385 e. The molecule has 35 heavy (non-hydrogen) atoms. The number of halogens is 2. The van der Waals surface area contributed by atoms with Gasteiger partial charge in [0.25, 0.3) is 0 Å². The van der Waals surface area contributed by atoms with Crippen LogP contribution >= 0.6 is 0 Å². The van der Waals surface area contributed by atoms with Crippen molar-refractivity contribution in [2.45, 2.75) is 57.5 Å². The number of methoxy groups -OCH3 is 1. The number of carbonyl (C=O) groups excluding carboxylic acids is 1. The van der Waals surface area contributed by atoms with Gasteiger partial charge in [-0.05, 0) is 49.8 Å². The van der Waals surface area contributed by atoms with E-state index in [0.717, 1.165) is 42.1 Å². The summed E-state index contributed by atoms with van der Waals surface area (Å²) in [6, 6.07) is 12.1. The maximum atomic E-state index is 14.8. The lowest BCUT2D eigenvalue weighted by molar-refractivity contribution is -0.132. The van der Waals surface area contributed by atoms with Crippen LogP contribution in [0.1, 0.15) is 48.4 Å². The number of amides is 1. The minimum atomic E-state index is -0.583. The van der Waals surface area contributed by atoms with Crippen molar-refractivity contribution >= 4 is 16.8 Å². The number of benzene rings is 2. The largest absolute Gasteiger partial charge is 0.385 e. The van der Waals surface area contributed by atoms with Crippen LogP contribution in [0.5, 0.6) is 0 Å². The highest BCUT2D eigenvalue weighted by Gasteiger charge is 2.30. The number of hydrogen-bond acceptors (Lipinski definition) is 3. The van der Waals surface area contributed by atoms with Crippen molar-refractivity contribution in [2.24, 2.45) is 5.73 Å². The van der Waals surface area contributed by atoms with Gasteiger partial charge >= 0.3 is 0 Å². The van der Waals surface area contributed by atoms with Gasteiger partial charge in [0.2, 0.25) is 5.91 Å². The molecule has 1 aliphatic rings. The second-order valence-corrected chi connectivity index (χ2v) is 9.62. The van der Waals surface area contributed by atoms with E-state index in [4.69, 9.17) is 10.5 Å². The molecular formula is C28H35F2N3O2. The fourth-order valence-electron chi connectivity index (χ4n) is 5.51. The number of likely N-dealkylation sites (tertiary alicyclic amines) is 1. The van der Waals surface area contributed by atoms with Crippen molar-refractivity contribution in [1.29, 1.82) is 0 Å². The summed E-state index contributed by atoms with van der Waals surface area (Å²) in [5.74, 6) is -1.02. The Hall–Kier alpha value is -2.77. The Morgan fingerprint density at radius 3 is 2.74 bits per heavy atom. The van der Waals surface area contributed by atoms with E-state index >= 15 is 0 Å². The molecular weight excluding hydrogens is 448 g/mol. The number of piperidine rings is 1. The molecule has 5 nitrogen and oxygen atoms in total. The number of fused-ring (bicyclic) bond motifs is 1. The molecule has 7 heteroatoms. The Kier molecular flexibility index (Phi) is 8.19. The van der Waals surface area contributed by atoms with Crippen LogP contribution in [-0.2, 0) is 22.5 Å². The fraction of sp³-hybridized carbons (Fsp3) is 0.464. The fourth-order valence-corrected chi connectivity index (χ4v) is 5.51. The number of ether oxygens (including phenoxy) is 1. The second kappa shape index (κ2) is 11.3. The highest BCUT2D eigenvalue weighted by molar-refractivity contribution is 5.86. The molecule has 2 heterocycles. The zero-order chi connectivity index (χ0) is 24.9. The topological polar surface area (TPSA) is 60.5 Å². The summed E-state index contributed by atoms with van der Waals surface area (Å²) in [7, 11) is 1.65. The molecule has 0 radical (unpaired) electrons. The number of aromatic nitrogens is 1. The van der Waals surface area contributed by atoms with Crippen molar-refractivity contribution in [3.8, 4) is 0 Å². The summed E-state index contributed by atoms with van der Waals surface area (Å²) < 4.78 is 36.2. The van der Waals surface area contributed by atoms with Gasteiger partial charge in [0.1, 0.15) is 11.6 Å². The van der Waals surface area contributed by atoms with E-state index in [2.05, 4.69) is 0 Å². The first-order valence-electron chi connectivity index (χ1n) is 12.4. The maximum absolute atomic E-state index is 14.8. The molecule has 1 fully saturated rings.